The van der Waals surface area contributed by atoms with Gasteiger partial charge in [-0.05, 0) is 62.2 Å². The number of rotatable bonds is 7. The Hall–Kier alpha value is -2.32. The monoisotopic (exact) mass is 332 g/mol. The number of aromatic amines is 1. The zero-order chi connectivity index (χ0) is 17.6. The lowest BCUT2D eigenvalue weighted by Crippen LogP contribution is -2.29. The minimum absolute atomic E-state index is 0.580. The highest BCUT2D eigenvalue weighted by Crippen LogP contribution is 2.23. The van der Waals surface area contributed by atoms with Crippen molar-refractivity contribution in [2.45, 2.75) is 32.2 Å². The molecule has 130 valence electrons. The fourth-order valence-corrected chi connectivity index (χ4v) is 3.36. The van der Waals surface area contributed by atoms with Crippen LogP contribution in [-0.4, -0.2) is 30.0 Å². The smallest absolute Gasteiger partial charge is 0.0457 e. The van der Waals surface area contributed by atoms with E-state index in [0.717, 1.165) is 19.3 Å². The van der Waals surface area contributed by atoms with Crippen LogP contribution in [0.4, 0.5) is 0 Å². The van der Waals surface area contributed by atoms with Crippen LogP contribution in [0.5, 0.6) is 0 Å². The summed E-state index contributed by atoms with van der Waals surface area (Å²) in [6.07, 6.45) is 9.87. The SMILES string of the molecule is CC[C@H](Cc1c[nH]c2ccc(/C=C/Cc3ccccc3)cc12)N(C)C. The van der Waals surface area contributed by atoms with Gasteiger partial charge in [-0.15, -0.1) is 0 Å². The summed E-state index contributed by atoms with van der Waals surface area (Å²) in [6, 6.07) is 17.9. The average Bonchev–Trinajstić information content (AvgIpc) is 3.02. The van der Waals surface area contributed by atoms with Crippen molar-refractivity contribution in [2.24, 2.45) is 0 Å². The van der Waals surface area contributed by atoms with Crippen molar-refractivity contribution in [1.29, 1.82) is 0 Å². The molecule has 3 rings (SSSR count). The lowest BCUT2D eigenvalue weighted by Gasteiger charge is -2.22. The van der Waals surface area contributed by atoms with E-state index in [1.165, 1.54) is 27.6 Å². The van der Waals surface area contributed by atoms with Gasteiger partial charge in [-0.2, -0.15) is 0 Å². The van der Waals surface area contributed by atoms with Gasteiger partial charge in [0.1, 0.15) is 0 Å². The molecule has 1 N–H and O–H groups in total. The summed E-state index contributed by atoms with van der Waals surface area (Å²) in [4.78, 5) is 5.74. The molecular formula is C23H28N2. The number of nitrogens with one attached hydrogen (secondary N) is 1. The van der Waals surface area contributed by atoms with E-state index in [1.54, 1.807) is 0 Å². The van der Waals surface area contributed by atoms with Crippen LogP contribution in [0, 0.1) is 0 Å². The predicted molar refractivity (Wildman–Crippen MR) is 109 cm³/mol. The molecule has 0 fully saturated rings. The molecule has 3 aromatic rings. The molecule has 0 bridgehead atoms. The molecule has 0 radical (unpaired) electrons. The number of H-pyrrole nitrogens is 1. The molecule has 0 aliphatic rings. The molecular weight excluding hydrogens is 304 g/mol. The van der Waals surface area contributed by atoms with Crippen LogP contribution in [0.25, 0.3) is 17.0 Å². The standard InChI is InChI=1S/C23H28N2/c1-4-21(25(2)3)16-20-17-24-23-14-13-19(15-22(20)23)12-8-11-18-9-6-5-7-10-18/h5-10,12-15,17,21,24H,4,11,16H2,1-3H3/b12-8+/t21-/m1/s1. The van der Waals surface area contributed by atoms with E-state index < -0.39 is 0 Å². The second kappa shape index (κ2) is 8.17. The summed E-state index contributed by atoms with van der Waals surface area (Å²) >= 11 is 0. The van der Waals surface area contributed by atoms with E-state index in [-0.39, 0.29) is 0 Å². The number of aromatic nitrogens is 1. The molecule has 2 heteroatoms. The highest BCUT2D eigenvalue weighted by atomic mass is 15.1. The number of hydrogen-bond acceptors (Lipinski definition) is 1. The van der Waals surface area contributed by atoms with Crippen LogP contribution in [0.15, 0.2) is 60.8 Å². The summed E-state index contributed by atoms with van der Waals surface area (Å²) in [5.41, 5.74) is 5.25. The zero-order valence-corrected chi connectivity index (χ0v) is 15.5. The number of hydrogen-bond donors (Lipinski definition) is 1. The van der Waals surface area contributed by atoms with Crippen molar-refractivity contribution in [3.05, 3.63) is 77.5 Å². The Balaban J connectivity index is 1.78. The van der Waals surface area contributed by atoms with Gasteiger partial charge in [-0.25, -0.2) is 0 Å². The van der Waals surface area contributed by atoms with E-state index in [0.29, 0.717) is 6.04 Å². The van der Waals surface area contributed by atoms with Crippen LogP contribution >= 0.6 is 0 Å². The summed E-state index contributed by atoms with van der Waals surface area (Å²) in [7, 11) is 4.33. The molecule has 1 aromatic heterocycles. The van der Waals surface area contributed by atoms with Crippen LogP contribution in [0.3, 0.4) is 0 Å². The first kappa shape index (κ1) is 17.5. The summed E-state index contributed by atoms with van der Waals surface area (Å²) in [6.45, 7) is 2.26. The molecule has 2 aromatic carbocycles. The third kappa shape index (κ3) is 4.40. The summed E-state index contributed by atoms with van der Waals surface area (Å²) in [5, 5.41) is 1.35. The highest BCUT2D eigenvalue weighted by molar-refractivity contribution is 5.85. The lowest BCUT2D eigenvalue weighted by atomic mass is 10.0. The Kier molecular flexibility index (Phi) is 5.72. The van der Waals surface area contributed by atoms with Crippen molar-refractivity contribution in [1.82, 2.24) is 9.88 Å². The minimum Gasteiger partial charge on any atom is -0.361 e. The normalized spacial score (nSPS) is 13.1. The molecule has 2 nitrogen and oxygen atoms in total. The van der Waals surface area contributed by atoms with E-state index in [9.17, 15) is 0 Å². The van der Waals surface area contributed by atoms with Crippen LogP contribution in [-0.2, 0) is 12.8 Å². The first-order chi connectivity index (χ1) is 12.2. The maximum Gasteiger partial charge on any atom is 0.0457 e. The van der Waals surface area contributed by atoms with E-state index >= 15 is 0 Å². The summed E-state index contributed by atoms with van der Waals surface area (Å²) in [5.74, 6) is 0. The molecule has 1 atom stereocenters. The number of fused-ring (bicyclic) bond motifs is 1. The van der Waals surface area contributed by atoms with Gasteiger partial charge in [0, 0.05) is 23.1 Å². The molecule has 25 heavy (non-hydrogen) atoms. The van der Waals surface area contributed by atoms with Gasteiger partial charge < -0.3 is 9.88 Å². The third-order valence-corrected chi connectivity index (χ3v) is 4.96. The van der Waals surface area contributed by atoms with Crippen molar-refractivity contribution >= 4 is 17.0 Å². The van der Waals surface area contributed by atoms with Crippen molar-refractivity contribution in [3.63, 3.8) is 0 Å². The maximum absolute atomic E-state index is 3.42. The fraction of sp³-hybridized carbons (Fsp3) is 0.304. The number of benzene rings is 2. The molecule has 0 saturated carbocycles. The first-order valence-corrected chi connectivity index (χ1v) is 9.14. The first-order valence-electron chi connectivity index (χ1n) is 9.14. The van der Waals surface area contributed by atoms with E-state index in [2.05, 4.69) is 97.8 Å². The van der Waals surface area contributed by atoms with E-state index in [4.69, 9.17) is 0 Å². The molecule has 0 aliphatic heterocycles. The third-order valence-electron chi connectivity index (χ3n) is 4.96. The van der Waals surface area contributed by atoms with E-state index in [1.807, 2.05) is 0 Å². The molecule has 0 saturated heterocycles. The minimum atomic E-state index is 0.580. The second-order valence-corrected chi connectivity index (χ2v) is 6.94. The lowest BCUT2D eigenvalue weighted by molar-refractivity contribution is 0.285. The Morgan fingerprint density at radius 2 is 1.88 bits per heavy atom. The fourth-order valence-electron chi connectivity index (χ4n) is 3.36. The van der Waals surface area contributed by atoms with Crippen LogP contribution in [0.2, 0.25) is 0 Å². The molecule has 0 unspecified atom stereocenters. The van der Waals surface area contributed by atoms with Crippen molar-refractivity contribution in [2.75, 3.05) is 14.1 Å². The van der Waals surface area contributed by atoms with Gasteiger partial charge in [-0.1, -0.05) is 55.5 Å². The largest absolute Gasteiger partial charge is 0.361 e. The topological polar surface area (TPSA) is 19.0 Å². The highest BCUT2D eigenvalue weighted by Gasteiger charge is 2.13. The summed E-state index contributed by atoms with van der Waals surface area (Å²) < 4.78 is 0. The Labute approximate surface area is 151 Å². The molecule has 0 spiro atoms. The quantitative estimate of drug-likeness (QED) is 0.621. The molecule has 0 amide bonds. The van der Waals surface area contributed by atoms with Gasteiger partial charge in [-0.3, -0.25) is 0 Å². The zero-order valence-electron chi connectivity index (χ0n) is 15.5. The molecule has 1 heterocycles. The van der Waals surface area contributed by atoms with Gasteiger partial charge in [0.05, 0.1) is 0 Å². The molecule has 0 aliphatic carbocycles. The van der Waals surface area contributed by atoms with Gasteiger partial charge in [0.2, 0.25) is 0 Å². The Morgan fingerprint density at radius 3 is 2.60 bits per heavy atom. The maximum atomic E-state index is 3.42. The Bertz CT molecular complexity index is 828. The van der Waals surface area contributed by atoms with Gasteiger partial charge in [0.25, 0.3) is 0 Å². The van der Waals surface area contributed by atoms with Crippen LogP contribution < -0.4 is 0 Å². The van der Waals surface area contributed by atoms with Gasteiger partial charge >= 0.3 is 0 Å². The van der Waals surface area contributed by atoms with Crippen LogP contribution in [0.1, 0.15) is 30.0 Å². The van der Waals surface area contributed by atoms with Gasteiger partial charge in [0.15, 0.2) is 0 Å². The van der Waals surface area contributed by atoms with Crippen molar-refractivity contribution < 1.29 is 0 Å². The number of nitrogens with zero attached hydrogens (tertiary/aromatic N) is 1. The Morgan fingerprint density at radius 1 is 1.08 bits per heavy atom. The second-order valence-electron chi connectivity index (χ2n) is 6.94. The number of likely N-dealkylation sites (N-methyl/N-ethyl adjacent to an activating group) is 1. The average molecular weight is 332 g/mol. The van der Waals surface area contributed by atoms with Crippen molar-refractivity contribution in [3.8, 4) is 0 Å². The number of allylic oxidation sites excluding steroid dienone is 1. The predicted octanol–water partition coefficient (Wildman–Crippen LogP) is 5.31.